The molecule has 1 unspecified atom stereocenters. The summed E-state index contributed by atoms with van der Waals surface area (Å²) in [4.78, 5) is 0. The minimum Gasteiger partial charge on any atom is -0.310 e. The Morgan fingerprint density at radius 1 is 1.40 bits per heavy atom. The average Bonchev–Trinajstić information content (AvgIpc) is 2.24. The van der Waals surface area contributed by atoms with E-state index < -0.39 is 0 Å². The molecule has 0 radical (unpaired) electrons. The molecule has 0 spiro atoms. The lowest BCUT2D eigenvalue weighted by Gasteiger charge is -2.17. The van der Waals surface area contributed by atoms with Crippen molar-refractivity contribution < 1.29 is 4.39 Å². The van der Waals surface area contributed by atoms with Crippen LogP contribution in [0.1, 0.15) is 38.3 Å². The summed E-state index contributed by atoms with van der Waals surface area (Å²) >= 11 is 3.37. The molecule has 84 valence electrons. The van der Waals surface area contributed by atoms with Crippen molar-refractivity contribution >= 4 is 15.9 Å². The third-order valence-electron chi connectivity index (χ3n) is 2.38. The quantitative estimate of drug-likeness (QED) is 0.854. The van der Waals surface area contributed by atoms with E-state index in [1.807, 2.05) is 6.07 Å². The molecule has 1 aromatic carbocycles. The van der Waals surface area contributed by atoms with Gasteiger partial charge in [0.15, 0.2) is 0 Å². The Morgan fingerprint density at radius 2 is 2.13 bits per heavy atom. The van der Waals surface area contributed by atoms with Gasteiger partial charge in [-0.05, 0) is 37.6 Å². The molecule has 15 heavy (non-hydrogen) atoms. The van der Waals surface area contributed by atoms with E-state index in [2.05, 4.69) is 35.1 Å². The van der Waals surface area contributed by atoms with E-state index in [1.165, 1.54) is 6.07 Å². The largest absolute Gasteiger partial charge is 0.310 e. The third kappa shape index (κ3) is 3.58. The molecule has 0 bridgehead atoms. The SMILES string of the molecule is CCCNC(CC)c1cc(Br)ccc1F. The van der Waals surface area contributed by atoms with Crippen LogP contribution < -0.4 is 5.32 Å². The van der Waals surface area contributed by atoms with Gasteiger partial charge in [0.2, 0.25) is 0 Å². The van der Waals surface area contributed by atoms with Crippen molar-refractivity contribution in [3.8, 4) is 0 Å². The van der Waals surface area contributed by atoms with Crippen molar-refractivity contribution in [3.63, 3.8) is 0 Å². The summed E-state index contributed by atoms with van der Waals surface area (Å²) in [6, 6.07) is 5.20. The van der Waals surface area contributed by atoms with Crippen molar-refractivity contribution in [2.75, 3.05) is 6.54 Å². The van der Waals surface area contributed by atoms with Crippen molar-refractivity contribution in [3.05, 3.63) is 34.1 Å². The highest BCUT2D eigenvalue weighted by molar-refractivity contribution is 9.10. The Hall–Kier alpha value is -0.410. The van der Waals surface area contributed by atoms with E-state index in [0.717, 1.165) is 29.4 Å². The lowest BCUT2D eigenvalue weighted by molar-refractivity contribution is 0.488. The van der Waals surface area contributed by atoms with Crippen LogP contribution in [0.2, 0.25) is 0 Å². The Labute approximate surface area is 99.2 Å². The van der Waals surface area contributed by atoms with Crippen molar-refractivity contribution in [2.45, 2.75) is 32.7 Å². The van der Waals surface area contributed by atoms with E-state index in [-0.39, 0.29) is 11.9 Å². The number of halogens is 2. The topological polar surface area (TPSA) is 12.0 Å². The van der Waals surface area contributed by atoms with Gasteiger partial charge in [0, 0.05) is 16.1 Å². The molecule has 3 heteroatoms. The maximum atomic E-state index is 13.6. The minimum atomic E-state index is -0.131. The average molecular weight is 274 g/mol. The highest BCUT2D eigenvalue weighted by Crippen LogP contribution is 2.23. The summed E-state index contributed by atoms with van der Waals surface area (Å²) in [6.07, 6.45) is 1.96. The van der Waals surface area contributed by atoms with E-state index in [0.29, 0.717) is 0 Å². The van der Waals surface area contributed by atoms with Gasteiger partial charge in [-0.15, -0.1) is 0 Å². The van der Waals surface area contributed by atoms with Gasteiger partial charge in [0.25, 0.3) is 0 Å². The van der Waals surface area contributed by atoms with E-state index in [4.69, 9.17) is 0 Å². The van der Waals surface area contributed by atoms with Crippen LogP contribution in [0.15, 0.2) is 22.7 Å². The van der Waals surface area contributed by atoms with E-state index in [9.17, 15) is 4.39 Å². The molecule has 1 atom stereocenters. The molecule has 0 saturated heterocycles. The first-order chi connectivity index (χ1) is 7.19. The second kappa shape index (κ2) is 6.23. The first-order valence-electron chi connectivity index (χ1n) is 5.37. The summed E-state index contributed by atoms with van der Waals surface area (Å²) in [5, 5.41) is 3.34. The van der Waals surface area contributed by atoms with Gasteiger partial charge >= 0.3 is 0 Å². The molecule has 1 nitrogen and oxygen atoms in total. The van der Waals surface area contributed by atoms with E-state index >= 15 is 0 Å². The molecule has 0 fully saturated rings. The molecule has 0 amide bonds. The van der Waals surface area contributed by atoms with Gasteiger partial charge in [-0.3, -0.25) is 0 Å². The van der Waals surface area contributed by atoms with Crippen LogP contribution in [-0.2, 0) is 0 Å². The molecule has 1 N–H and O–H groups in total. The Morgan fingerprint density at radius 3 is 2.73 bits per heavy atom. The lowest BCUT2D eigenvalue weighted by Crippen LogP contribution is -2.22. The maximum Gasteiger partial charge on any atom is 0.128 e. The van der Waals surface area contributed by atoms with Crippen LogP contribution in [0, 0.1) is 5.82 Å². The zero-order chi connectivity index (χ0) is 11.3. The molecule has 0 aliphatic heterocycles. The minimum absolute atomic E-state index is 0.113. The van der Waals surface area contributed by atoms with Crippen LogP contribution in [0.5, 0.6) is 0 Å². The highest BCUT2D eigenvalue weighted by Gasteiger charge is 2.13. The molecule has 0 aromatic heterocycles. The molecular formula is C12H17BrFN. The molecule has 0 aliphatic rings. The number of hydrogen-bond acceptors (Lipinski definition) is 1. The molecule has 0 aliphatic carbocycles. The van der Waals surface area contributed by atoms with Crippen LogP contribution in [0.4, 0.5) is 4.39 Å². The Kier molecular flexibility index (Phi) is 5.26. The van der Waals surface area contributed by atoms with Gasteiger partial charge in [0.05, 0.1) is 0 Å². The number of nitrogens with one attached hydrogen (secondary N) is 1. The van der Waals surface area contributed by atoms with Gasteiger partial charge in [-0.2, -0.15) is 0 Å². The monoisotopic (exact) mass is 273 g/mol. The smallest absolute Gasteiger partial charge is 0.128 e. The zero-order valence-corrected chi connectivity index (χ0v) is 10.8. The predicted molar refractivity (Wildman–Crippen MR) is 65.4 cm³/mol. The fourth-order valence-electron chi connectivity index (χ4n) is 1.57. The summed E-state index contributed by atoms with van der Waals surface area (Å²) < 4.78 is 14.5. The van der Waals surface area contributed by atoms with Crippen molar-refractivity contribution in [1.29, 1.82) is 0 Å². The Bertz CT molecular complexity index is 314. The van der Waals surface area contributed by atoms with Crippen LogP contribution in [0.25, 0.3) is 0 Å². The first kappa shape index (κ1) is 12.7. The third-order valence-corrected chi connectivity index (χ3v) is 2.88. The molecule has 0 heterocycles. The van der Waals surface area contributed by atoms with E-state index in [1.54, 1.807) is 6.07 Å². The normalized spacial score (nSPS) is 12.8. The second-order valence-electron chi connectivity index (χ2n) is 3.58. The fourth-order valence-corrected chi connectivity index (χ4v) is 1.95. The molecule has 0 saturated carbocycles. The first-order valence-corrected chi connectivity index (χ1v) is 6.16. The lowest BCUT2D eigenvalue weighted by atomic mass is 10.0. The summed E-state index contributed by atoms with van der Waals surface area (Å²) in [5.41, 5.74) is 0.750. The van der Waals surface area contributed by atoms with Gasteiger partial charge in [-0.25, -0.2) is 4.39 Å². The van der Waals surface area contributed by atoms with Crippen LogP contribution in [0.3, 0.4) is 0 Å². The van der Waals surface area contributed by atoms with Crippen molar-refractivity contribution in [1.82, 2.24) is 5.32 Å². The van der Waals surface area contributed by atoms with Gasteiger partial charge in [-0.1, -0.05) is 29.8 Å². The fraction of sp³-hybridized carbons (Fsp3) is 0.500. The van der Waals surface area contributed by atoms with Gasteiger partial charge in [0.1, 0.15) is 5.82 Å². The van der Waals surface area contributed by atoms with Gasteiger partial charge < -0.3 is 5.32 Å². The van der Waals surface area contributed by atoms with Crippen LogP contribution in [-0.4, -0.2) is 6.54 Å². The van der Waals surface area contributed by atoms with Crippen LogP contribution >= 0.6 is 15.9 Å². The maximum absolute atomic E-state index is 13.6. The molecule has 1 aromatic rings. The molecular weight excluding hydrogens is 257 g/mol. The summed E-state index contributed by atoms with van der Waals surface area (Å²) in [5.74, 6) is -0.131. The highest BCUT2D eigenvalue weighted by atomic mass is 79.9. The van der Waals surface area contributed by atoms with Crippen molar-refractivity contribution in [2.24, 2.45) is 0 Å². The summed E-state index contributed by atoms with van der Waals surface area (Å²) in [7, 11) is 0. The predicted octanol–water partition coefficient (Wildman–Crippen LogP) is 4.04. The number of hydrogen-bond donors (Lipinski definition) is 1. The molecule has 1 rings (SSSR count). The number of rotatable bonds is 5. The summed E-state index contributed by atoms with van der Waals surface area (Å²) in [6.45, 7) is 5.09. The standard InChI is InChI=1S/C12H17BrFN/c1-3-7-15-12(4-2)10-8-9(13)5-6-11(10)14/h5-6,8,12,15H,3-4,7H2,1-2H3. The Balaban J connectivity index is 2.85. The second-order valence-corrected chi connectivity index (χ2v) is 4.50. The zero-order valence-electron chi connectivity index (χ0n) is 9.19. The number of benzene rings is 1.